The van der Waals surface area contributed by atoms with E-state index in [1.54, 1.807) is 13.2 Å². The Morgan fingerprint density at radius 2 is 1.43 bits per heavy atom. The minimum absolute atomic E-state index is 0.0155. The lowest BCUT2D eigenvalue weighted by molar-refractivity contribution is -0.140. The van der Waals surface area contributed by atoms with Crippen LogP contribution in [0.15, 0.2) is 12.4 Å². The monoisotopic (exact) mass is 411 g/mol. The first kappa shape index (κ1) is 25.5. The number of phenolic OH excluding ortho intramolecular Hbond substituents is 4. The summed E-state index contributed by atoms with van der Waals surface area (Å²) in [6.45, 7) is 4.58. The number of aromatic hydroxyl groups is 4. The van der Waals surface area contributed by atoms with E-state index in [2.05, 4.69) is 10.6 Å². The fourth-order valence-electron chi connectivity index (χ4n) is 2.59. The molecular weight excluding hydrogens is 383 g/mol. The van der Waals surface area contributed by atoms with Gasteiger partial charge in [0.2, 0.25) is 0 Å². The molecule has 1 saturated heterocycles. The van der Waals surface area contributed by atoms with Crippen molar-refractivity contribution < 1.29 is 38.7 Å². The molecule has 1 aromatic carbocycles. The van der Waals surface area contributed by atoms with Gasteiger partial charge in [0.05, 0.1) is 11.2 Å². The van der Waals surface area contributed by atoms with Crippen molar-refractivity contribution >= 4 is 0 Å². The molecule has 28 heavy (non-hydrogen) atoms. The van der Waals surface area contributed by atoms with E-state index in [9.17, 15) is 38.7 Å². The van der Waals surface area contributed by atoms with Crippen LogP contribution in [0.2, 0.25) is 0 Å². The average Bonchev–Trinajstić information content (AvgIpc) is 2.62. The number of alkyl halides is 3. The summed E-state index contributed by atoms with van der Waals surface area (Å²) in [7, 11) is 1.80. The Hall–Kier alpha value is -2.53. The van der Waals surface area contributed by atoms with Gasteiger partial charge in [0.15, 0.2) is 23.0 Å². The van der Waals surface area contributed by atoms with Gasteiger partial charge in [-0.3, -0.25) is 0 Å². The van der Waals surface area contributed by atoms with Gasteiger partial charge >= 0.3 is 6.18 Å². The maximum absolute atomic E-state index is 12.7. The predicted octanol–water partition coefficient (Wildman–Crippen LogP) is 1.76. The van der Waals surface area contributed by atoms with Gasteiger partial charge in [0, 0.05) is 19.4 Å². The Bertz CT molecular complexity index is 631. The molecule has 1 heterocycles. The van der Waals surface area contributed by atoms with Gasteiger partial charge < -0.3 is 41.9 Å². The molecule has 162 valence electrons. The van der Waals surface area contributed by atoms with E-state index in [-0.39, 0.29) is 25.9 Å². The van der Waals surface area contributed by atoms with Gasteiger partial charge in [-0.25, -0.2) is 0 Å². The maximum Gasteiger partial charge on any atom is 0.423 e. The van der Waals surface area contributed by atoms with Gasteiger partial charge in [-0.1, -0.05) is 13.8 Å². The van der Waals surface area contributed by atoms with Crippen molar-refractivity contribution in [1.29, 1.82) is 0 Å². The summed E-state index contributed by atoms with van der Waals surface area (Å²) in [5, 5.41) is 54.5. The van der Waals surface area contributed by atoms with Crippen LogP contribution in [0.25, 0.3) is 0 Å². The van der Waals surface area contributed by atoms with Crippen molar-refractivity contribution in [3.8, 4) is 23.0 Å². The van der Waals surface area contributed by atoms with Gasteiger partial charge in [-0.05, 0) is 25.9 Å². The molecule has 9 N–H and O–H groups in total. The summed E-state index contributed by atoms with van der Waals surface area (Å²) >= 11 is 0. The highest BCUT2D eigenvalue weighted by Crippen LogP contribution is 2.56. The Balaban J connectivity index is 0.000000906. The van der Waals surface area contributed by atoms with E-state index in [4.69, 9.17) is 5.73 Å². The molecule has 0 bridgehead atoms. The van der Waals surface area contributed by atoms with Crippen LogP contribution in [-0.2, 0) is 11.8 Å². The number of halogens is 3. The third-order valence-corrected chi connectivity index (χ3v) is 3.84. The van der Waals surface area contributed by atoms with Crippen molar-refractivity contribution in [3.63, 3.8) is 0 Å². The van der Waals surface area contributed by atoms with Crippen molar-refractivity contribution in [3.05, 3.63) is 23.5 Å². The predicted molar refractivity (Wildman–Crippen MR) is 97.8 cm³/mol. The maximum atomic E-state index is 12.7. The zero-order valence-corrected chi connectivity index (χ0v) is 15.9. The lowest BCUT2D eigenvalue weighted by Gasteiger charge is -2.34. The van der Waals surface area contributed by atoms with Crippen LogP contribution in [0.4, 0.5) is 13.2 Å². The van der Waals surface area contributed by atoms with E-state index < -0.39 is 45.9 Å². The first-order valence-corrected chi connectivity index (χ1v) is 8.55. The normalized spacial score (nSPS) is 15.8. The summed E-state index contributed by atoms with van der Waals surface area (Å²) in [6, 6.07) is 0. The summed E-state index contributed by atoms with van der Waals surface area (Å²) < 4.78 is 38.2. The van der Waals surface area contributed by atoms with Crippen molar-refractivity contribution in [1.82, 2.24) is 10.6 Å². The molecule has 2 rings (SSSR count). The molecule has 8 nitrogen and oxygen atoms in total. The topological polar surface area (TPSA) is 151 Å². The first-order valence-electron chi connectivity index (χ1n) is 8.55. The largest absolute Gasteiger partial charge is 0.504 e. The van der Waals surface area contributed by atoms with Crippen LogP contribution in [0.5, 0.6) is 23.0 Å². The fraction of sp³-hybridized carbons (Fsp3) is 0.529. The molecule has 0 aromatic heterocycles. The van der Waals surface area contributed by atoms with Crippen LogP contribution in [0.1, 0.15) is 37.8 Å². The summed E-state index contributed by atoms with van der Waals surface area (Å²) in [6.07, 6.45) is -2.12. The molecule has 0 saturated carbocycles. The Morgan fingerprint density at radius 3 is 1.71 bits per heavy atom. The van der Waals surface area contributed by atoms with Gasteiger partial charge in [0.1, 0.15) is 5.56 Å². The molecule has 1 fully saturated rings. The molecule has 0 atom stereocenters. The van der Waals surface area contributed by atoms with Crippen molar-refractivity contribution in [2.24, 2.45) is 5.73 Å². The molecule has 1 aliphatic rings. The van der Waals surface area contributed by atoms with Gasteiger partial charge in [-0.2, -0.15) is 13.2 Å². The zero-order chi connectivity index (χ0) is 22.1. The van der Waals surface area contributed by atoms with E-state index in [0.29, 0.717) is 0 Å². The second kappa shape index (κ2) is 10.7. The molecular formula is C17H28F3N3O5. The van der Waals surface area contributed by atoms with Crippen LogP contribution < -0.4 is 16.4 Å². The number of hydrogen-bond acceptors (Lipinski definition) is 8. The minimum atomic E-state index is -5.18. The average molecular weight is 411 g/mol. The van der Waals surface area contributed by atoms with Crippen LogP contribution in [0, 0.1) is 0 Å². The Labute approximate surface area is 161 Å². The van der Waals surface area contributed by atoms with E-state index in [1.165, 1.54) is 6.20 Å². The van der Waals surface area contributed by atoms with Gasteiger partial charge in [-0.15, -0.1) is 0 Å². The third kappa shape index (κ3) is 5.73. The SMILES string of the molecule is CC.CN/C=C\N.Oc1c(O)c(C2(O)CCNCC2)c(O)c(O)c1C(F)(F)F. The molecule has 1 aliphatic heterocycles. The fourth-order valence-corrected chi connectivity index (χ4v) is 2.59. The third-order valence-electron chi connectivity index (χ3n) is 3.84. The Morgan fingerprint density at radius 1 is 1.00 bits per heavy atom. The zero-order valence-electron chi connectivity index (χ0n) is 15.9. The molecule has 0 amide bonds. The number of aliphatic hydroxyl groups is 1. The second-order valence-electron chi connectivity index (χ2n) is 5.57. The molecule has 0 aliphatic carbocycles. The van der Waals surface area contributed by atoms with Gasteiger partial charge in [0.25, 0.3) is 0 Å². The lowest BCUT2D eigenvalue weighted by atomic mass is 9.82. The molecule has 1 aromatic rings. The number of rotatable bonds is 2. The molecule has 0 spiro atoms. The number of nitrogens with two attached hydrogens (primary N) is 1. The number of piperidine rings is 1. The van der Waals surface area contributed by atoms with E-state index in [1.807, 2.05) is 13.8 Å². The lowest BCUT2D eigenvalue weighted by Crippen LogP contribution is -2.39. The summed E-state index contributed by atoms with van der Waals surface area (Å²) in [5.41, 5.74) is 0.400. The molecule has 0 radical (unpaired) electrons. The van der Waals surface area contributed by atoms with Crippen molar-refractivity contribution in [2.75, 3.05) is 20.1 Å². The second-order valence-corrected chi connectivity index (χ2v) is 5.57. The summed E-state index contributed by atoms with van der Waals surface area (Å²) in [5.74, 6) is -5.83. The van der Waals surface area contributed by atoms with Crippen LogP contribution >= 0.6 is 0 Å². The van der Waals surface area contributed by atoms with Crippen molar-refractivity contribution in [2.45, 2.75) is 38.5 Å². The quantitative estimate of drug-likeness (QED) is 0.271. The first-order chi connectivity index (χ1) is 13.0. The van der Waals surface area contributed by atoms with E-state index in [0.717, 1.165) is 0 Å². The van der Waals surface area contributed by atoms with Crippen LogP contribution in [-0.4, -0.2) is 45.7 Å². The number of phenols is 4. The number of benzene rings is 1. The number of nitrogens with one attached hydrogen (secondary N) is 2. The summed E-state index contributed by atoms with van der Waals surface area (Å²) in [4.78, 5) is 0. The highest BCUT2D eigenvalue weighted by molar-refractivity contribution is 5.67. The highest BCUT2D eigenvalue weighted by atomic mass is 19.4. The number of hydrogen-bond donors (Lipinski definition) is 8. The minimum Gasteiger partial charge on any atom is -0.504 e. The van der Waals surface area contributed by atoms with E-state index >= 15 is 0 Å². The molecule has 11 heteroatoms. The highest BCUT2D eigenvalue weighted by Gasteiger charge is 2.45. The van der Waals surface area contributed by atoms with Crippen LogP contribution in [0.3, 0.4) is 0 Å². The smallest absolute Gasteiger partial charge is 0.423 e. The molecule has 0 unspecified atom stereocenters. The standard InChI is InChI=1S/C12H14F3NO5.C3H8N2.C2H6/c13-12(14,15)6-9(19)7(17)5(8(18)10(6)20)11(21)1-3-16-4-2-11;1-5-3-2-4;1-2/h16-21H,1-4H2;2-3,5H,4H2,1H3;1-2H3/b;3-2-;. The Kier molecular flexibility index (Phi) is 9.75.